The van der Waals surface area contributed by atoms with Gasteiger partial charge in [0.25, 0.3) is 8.32 Å². The van der Waals surface area contributed by atoms with Crippen LogP contribution in [-0.2, 0) is 11.8 Å². The third-order valence-corrected chi connectivity index (χ3v) is 10.4. The van der Waals surface area contributed by atoms with E-state index in [1.54, 1.807) is 10.7 Å². The van der Waals surface area contributed by atoms with Crippen LogP contribution in [0.2, 0.25) is 18.1 Å². The molecule has 1 fully saturated rings. The lowest BCUT2D eigenvalue weighted by Crippen LogP contribution is -2.43. The molecule has 0 spiro atoms. The van der Waals surface area contributed by atoms with Crippen molar-refractivity contribution in [3.05, 3.63) is 30.6 Å². The van der Waals surface area contributed by atoms with Gasteiger partial charge >= 0.3 is 0 Å². The molecule has 1 aliphatic rings. The number of rotatable bonds is 5. The molecule has 29 heavy (non-hydrogen) atoms. The molecule has 154 valence electrons. The number of hydrogen-bond donors (Lipinski definition) is 1. The maximum Gasteiger partial charge on any atom is 0.250 e. The average molecular weight is 412 g/mol. The number of nitrogens with one attached hydrogen (secondary N) is 1. The highest BCUT2D eigenvalue weighted by molar-refractivity contribution is 6.74. The van der Waals surface area contributed by atoms with Crippen LogP contribution in [-0.4, -0.2) is 33.6 Å². The van der Waals surface area contributed by atoms with Crippen LogP contribution in [0.25, 0.3) is 16.8 Å². The Kier molecular flexibility index (Phi) is 4.57. The van der Waals surface area contributed by atoms with Crippen molar-refractivity contribution in [2.24, 2.45) is 13.0 Å². The highest BCUT2D eigenvalue weighted by Gasteiger charge is 2.40. The number of hydrogen-bond acceptors (Lipinski definition) is 4. The summed E-state index contributed by atoms with van der Waals surface area (Å²) in [5.74, 6) is 1.61. The minimum absolute atomic E-state index is 0.0605. The number of carbonyl (C=O) groups excluding carboxylic acids is 1. The normalized spacial score (nSPS) is 15.0. The van der Waals surface area contributed by atoms with Gasteiger partial charge in [-0.25, -0.2) is 4.52 Å². The first kappa shape index (κ1) is 19.7. The number of anilines is 1. The van der Waals surface area contributed by atoms with E-state index in [0.29, 0.717) is 5.82 Å². The Bertz CT molecular complexity index is 1070. The summed E-state index contributed by atoms with van der Waals surface area (Å²) in [6.07, 6.45) is 5.65. The molecule has 0 unspecified atom stereocenters. The molecule has 3 aromatic heterocycles. The SMILES string of the molecule is Cn1ncc(O[Si](C)(C)C(C)(C)C)c1-c1ccn2nc(NC(=O)C3CC3)cc2c1. The van der Waals surface area contributed by atoms with Crippen molar-refractivity contribution in [2.45, 2.75) is 51.7 Å². The van der Waals surface area contributed by atoms with Crippen LogP contribution in [0.15, 0.2) is 30.6 Å². The minimum Gasteiger partial charge on any atom is -0.541 e. The Hall–Kier alpha value is -2.61. The molecular formula is C21H29N5O2Si. The van der Waals surface area contributed by atoms with Gasteiger partial charge in [0.1, 0.15) is 5.69 Å². The first-order valence-corrected chi connectivity index (χ1v) is 13.0. The van der Waals surface area contributed by atoms with Crippen LogP contribution in [0.1, 0.15) is 33.6 Å². The van der Waals surface area contributed by atoms with E-state index in [0.717, 1.165) is 35.4 Å². The van der Waals surface area contributed by atoms with Crippen LogP contribution in [0.4, 0.5) is 5.82 Å². The molecular weight excluding hydrogens is 382 g/mol. The van der Waals surface area contributed by atoms with Crippen LogP contribution in [0.3, 0.4) is 0 Å². The summed E-state index contributed by atoms with van der Waals surface area (Å²) in [5.41, 5.74) is 2.86. The fourth-order valence-corrected chi connectivity index (χ4v) is 4.03. The van der Waals surface area contributed by atoms with Crippen LogP contribution in [0, 0.1) is 5.92 Å². The second-order valence-electron chi connectivity index (χ2n) is 9.42. The Morgan fingerprint density at radius 2 is 2.00 bits per heavy atom. The number of aromatic nitrogens is 4. The van der Waals surface area contributed by atoms with Gasteiger partial charge in [0.15, 0.2) is 11.6 Å². The van der Waals surface area contributed by atoms with Crippen LogP contribution >= 0.6 is 0 Å². The van der Waals surface area contributed by atoms with Gasteiger partial charge < -0.3 is 9.74 Å². The summed E-state index contributed by atoms with van der Waals surface area (Å²) in [4.78, 5) is 12.0. The summed E-state index contributed by atoms with van der Waals surface area (Å²) < 4.78 is 10.2. The van der Waals surface area contributed by atoms with Gasteiger partial charge in [-0.1, -0.05) is 20.8 Å². The van der Waals surface area contributed by atoms with Crippen molar-refractivity contribution in [3.63, 3.8) is 0 Å². The molecule has 0 aromatic carbocycles. The molecule has 1 aliphatic carbocycles. The van der Waals surface area contributed by atoms with Crippen molar-refractivity contribution in [2.75, 3.05) is 5.32 Å². The van der Waals surface area contributed by atoms with Crippen molar-refractivity contribution in [3.8, 4) is 17.0 Å². The number of fused-ring (bicyclic) bond motifs is 1. The van der Waals surface area contributed by atoms with E-state index in [1.165, 1.54) is 0 Å². The molecule has 0 aliphatic heterocycles. The maximum atomic E-state index is 12.0. The minimum atomic E-state index is -1.99. The lowest BCUT2D eigenvalue weighted by molar-refractivity contribution is -0.117. The highest BCUT2D eigenvalue weighted by Crippen LogP contribution is 2.40. The molecule has 3 aromatic rings. The molecule has 8 heteroatoms. The van der Waals surface area contributed by atoms with E-state index < -0.39 is 8.32 Å². The third-order valence-electron chi connectivity index (χ3n) is 6.01. The predicted molar refractivity (Wildman–Crippen MR) is 117 cm³/mol. The van der Waals surface area contributed by atoms with E-state index >= 15 is 0 Å². The molecule has 0 atom stereocenters. The Labute approximate surface area is 172 Å². The van der Waals surface area contributed by atoms with Gasteiger partial charge in [-0.3, -0.25) is 9.48 Å². The second-order valence-corrected chi connectivity index (χ2v) is 14.1. The number of nitrogens with zero attached hydrogens (tertiary/aromatic N) is 4. The van der Waals surface area contributed by atoms with Crippen molar-refractivity contribution >= 4 is 25.6 Å². The molecule has 1 N–H and O–H groups in total. The Morgan fingerprint density at radius 1 is 1.28 bits per heavy atom. The second kappa shape index (κ2) is 6.72. The largest absolute Gasteiger partial charge is 0.541 e. The molecule has 0 bridgehead atoms. The van der Waals surface area contributed by atoms with Crippen molar-refractivity contribution in [1.29, 1.82) is 0 Å². The van der Waals surface area contributed by atoms with Crippen LogP contribution < -0.4 is 9.74 Å². The van der Waals surface area contributed by atoms with E-state index in [2.05, 4.69) is 55.4 Å². The monoisotopic (exact) mass is 411 g/mol. The molecule has 0 radical (unpaired) electrons. The molecule has 7 nitrogen and oxygen atoms in total. The van der Waals surface area contributed by atoms with Gasteiger partial charge in [-0.15, -0.1) is 0 Å². The highest BCUT2D eigenvalue weighted by atomic mass is 28.4. The zero-order valence-corrected chi connectivity index (χ0v) is 19.0. The van der Waals surface area contributed by atoms with Gasteiger partial charge in [-0.05, 0) is 43.1 Å². The summed E-state index contributed by atoms with van der Waals surface area (Å²) >= 11 is 0. The quantitative estimate of drug-likeness (QED) is 0.629. The summed E-state index contributed by atoms with van der Waals surface area (Å²) in [7, 11) is -0.0616. The average Bonchev–Trinajstić information content (AvgIpc) is 3.31. The fraction of sp³-hybridized carbons (Fsp3) is 0.476. The van der Waals surface area contributed by atoms with Gasteiger partial charge in [-0.2, -0.15) is 10.2 Å². The van der Waals surface area contributed by atoms with Crippen LogP contribution in [0.5, 0.6) is 5.75 Å². The molecule has 4 rings (SSSR count). The first-order valence-electron chi connectivity index (χ1n) is 10.1. The molecule has 1 saturated carbocycles. The van der Waals surface area contributed by atoms with Gasteiger partial charge in [0.05, 0.1) is 11.7 Å². The zero-order valence-electron chi connectivity index (χ0n) is 18.0. The van der Waals surface area contributed by atoms with E-state index in [1.807, 2.05) is 30.1 Å². The number of aryl methyl sites for hydroxylation is 1. The lowest BCUT2D eigenvalue weighted by Gasteiger charge is -2.36. The van der Waals surface area contributed by atoms with E-state index in [4.69, 9.17) is 4.43 Å². The number of amides is 1. The summed E-state index contributed by atoms with van der Waals surface area (Å²) in [5, 5.41) is 11.9. The number of pyridine rings is 1. The van der Waals surface area contributed by atoms with Gasteiger partial charge in [0, 0.05) is 30.8 Å². The summed E-state index contributed by atoms with van der Waals surface area (Å²) in [6, 6.07) is 5.95. The summed E-state index contributed by atoms with van der Waals surface area (Å²) in [6.45, 7) is 11.2. The number of carbonyl (C=O) groups is 1. The van der Waals surface area contributed by atoms with E-state index in [9.17, 15) is 4.79 Å². The topological polar surface area (TPSA) is 73.5 Å². The van der Waals surface area contributed by atoms with E-state index in [-0.39, 0.29) is 16.9 Å². The fourth-order valence-electron chi connectivity index (χ4n) is 3.03. The Balaban J connectivity index is 1.66. The maximum absolute atomic E-state index is 12.0. The zero-order chi connectivity index (χ0) is 21.0. The molecule has 1 amide bonds. The first-order chi connectivity index (χ1) is 13.5. The Morgan fingerprint density at radius 3 is 2.66 bits per heavy atom. The standard InChI is InChI=1S/C21H29N5O2Si/c1-21(2,3)29(5,6)28-17-13-22-25(4)19(17)15-9-10-26-16(11-15)12-18(24-26)23-20(27)14-7-8-14/h9-14H,7-8H2,1-6H3,(H,23,24,27). The smallest absolute Gasteiger partial charge is 0.250 e. The van der Waals surface area contributed by atoms with Gasteiger partial charge in [0.2, 0.25) is 5.91 Å². The van der Waals surface area contributed by atoms with Crippen molar-refractivity contribution in [1.82, 2.24) is 19.4 Å². The lowest BCUT2D eigenvalue weighted by atomic mass is 10.1. The van der Waals surface area contributed by atoms with Crippen molar-refractivity contribution < 1.29 is 9.22 Å². The molecule has 3 heterocycles. The third kappa shape index (κ3) is 3.81. The molecule has 0 saturated heterocycles. The predicted octanol–water partition coefficient (Wildman–Crippen LogP) is 4.47.